The van der Waals surface area contributed by atoms with Gasteiger partial charge in [0, 0.05) is 37.9 Å². The van der Waals surface area contributed by atoms with Crippen molar-refractivity contribution in [2.24, 2.45) is 0 Å². The van der Waals surface area contributed by atoms with Crippen molar-refractivity contribution in [2.75, 3.05) is 31.6 Å². The molecule has 1 atom stereocenters. The van der Waals surface area contributed by atoms with E-state index in [-0.39, 0.29) is 11.8 Å². The number of rotatable bonds is 5. The minimum absolute atomic E-state index is 0.0651. The third kappa shape index (κ3) is 5.50. The Labute approximate surface area is 151 Å². The molecule has 0 aliphatic carbocycles. The van der Waals surface area contributed by atoms with Crippen LogP contribution in [0.5, 0.6) is 0 Å². The lowest BCUT2D eigenvalue weighted by atomic mass is 10.2. The van der Waals surface area contributed by atoms with Gasteiger partial charge in [-0.05, 0) is 17.7 Å². The van der Waals surface area contributed by atoms with Crippen molar-refractivity contribution in [1.29, 1.82) is 0 Å². The Morgan fingerprint density at radius 3 is 2.62 bits per heavy atom. The van der Waals surface area contributed by atoms with Crippen molar-refractivity contribution >= 4 is 11.7 Å². The third-order valence-electron chi connectivity index (χ3n) is 4.08. The zero-order valence-electron chi connectivity index (χ0n) is 14.3. The molecule has 26 heavy (non-hydrogen) atoms. The van der Waals surface area contributed by atoms with Crippen LogP contribution in [0, 0.1) is 11.6 Å². The molecule has 0 saturated carbocycles. The number of anilines is 1. The summed E-state index contributed by atoms with van der Waals surface area (Å²) in [7, 11) is 0. The molecule has 1 unspecified atom stereocenters. The number of urea groups is 1. The van der Waals surface area contributed by atoms with E-state index in [2.05, 4.69) is 27.7 Å². The Kier molecular flexibility index (Phi) is 6.14. The highest BCUT2D eigenvalue weighted by Crippen LogP contribution is 2.13. The van der Waals surface area contributed by atoms with Gasteiger partial charge in [-0.3, -0.25) is 4.90 Å². The molecule has 1 heterocycles. The molecule has 1 saturated heterocycles. The molecule has 1 aliphatic rings. The second-order valence-corrected chi connectivity index (χ2v) is 6.21. The van der Waals surface area contributed by atoms with Gasteiger partial charge in [-0.25, -0.2) is 13.6 Å². The Bertz CT molecular complexity index is 723. The first-order chi connectivity index (χ1) is 12.6. The van der Waals surface area contributed by atoms with Crippen molar-refractivity contribution in [2.45, 2.75) is 12.6 Å². The second-order valence-electron chi connectivity index (χ2n) is 6.21. The lowest BCUT2D eigenvalue weighted by Gasteiger charge is -2.33. The number of benzene rings is 2. The van der Waals surface area contributed by atoms with E-state index in [1.165, 1.54) is 5.56 Å². The average molecular weight is 361 g/mol. The Hall–Kier alpha value is -2.51. The van der Waals surface area contributed by atoms with Crippen LogP contribution in [0.15, 0.2) is 48.5 Å². The summed E-state index contributed by atoms with van der Waals surface area (Å²) in [6, 6.07) is 12.5. The van der Waals surface area contributed by atoms with Gasteiger partial charge >= 0.3 is 6.03 Å². The van der Waals surface area contributed by atoms with Gasteiger partial charge in [0.15, 0.2) is 0 Å². The predicted octanol–water partition coefficient (Wildman–Crippen LogP) is 2.99. The van der Waals surface area contributed by atoms with E-state index in [1.807, 2.05) is 18.2 Å². The molecule has 3 rings (SSSR count). The van der Waals surface area contributed by atoms with E-state index in [0.29, 0.717) is 19.7 Å². The molecular weight excluding hydrogens is 340 g/mol. The fourth-order valence-corrected chi connectivity index (χ4v) is 2.90. The molecular formula is C19H21F2N3O2. The standard InChI is InChI=1S/C19H21F2N3O2/c20-15-8-16(21)10-17(9-15)23-19(25)22-11-18-13-24(6-7-26-18)12-14-4-2-1-3-5-14/h1-5,8-10,18H,6-7,11-13H2,(H2,22,23,25). The van der Waals surface area contributed by atoms with Gasteiger partial charge in [0.25, 0.3) is 0 Å². The van der Waals surface area contributed by atoms with E-state index in [4.69, 9.17) is 4.74 Å². The number of morpholine rings is 1. The van der Waals surface area contributed by atoms with E-state index in [1.54, 1.807) is 0 Å². The quantitative estimate of drug-likeness (QED) is 0.861. The number of amides is 2. The number of nitrogens with zero attached hydrogens (tertiary/aromatic N) is 1. The molecule has 0 radical (unpaired) electrons. The molecule has 2 N–H and O–H groups in total. The number of hydrogen-bond donors (Lipinski definition) is 2. The van der Waals surface area contributed by atoms with Crippen LogP contribution in [0.4, 0.5) is 19.3 Å². The molecule has 0 bridgehead atoms. The van der Waals surface area contributed by atoms with Crippen molar-refractivity contribution < 1.29 is 18.3 Å². The second kappa shape index (κ2) is 8.73. The van der Waals surface area contributed by atoms with Gasteiger partial charge in [-0.15, -0.1) is 0 Å². The van der Waals surface area contributed by atoms with Crippen molar-refractivity contribution in [3.8, 4) is 0 Å². The molecule has 5 nitrogen and oxygen atoms in total. The Balaban J connectivity index is 1.45. The lowest BCUT2D eigenvalue weighted by molar-refractivity contribution is -0.0285. The van der Waals surface area contributed by atoms with Crippen LogP contribution < -0.4 is 10.6 Å². The van der Waals surface area contributed by atoms with Crippen LogP contribution in [0.3, 0.4) is 0 Å². The molecule has 1 aliphatic heterocycles. The first kappa shape index (κ1) is 18.3. The van der Waals surface area contributed by atoms with Gasteiger partial charge in [0.05, 0.1) is 12.7 Å². The van der Waals surface area contributed by atoms with Crippen molar-refractivity contribution in [1.82, 2.24) is 10.2 Å². The maximum Gasteiger partial charge on any atom is 0.319 e. The van der Waals surface area contributed by atoms with Crippen LogP contribution in [0.25, 0.3) is 0 Å². The Morgan fingerprint density at radius 2 is 1.88 bits per heavy atom. The smallest absolute Gasteiger partial charge is 0.319 e. The molecule has 0 spiro atoms. The van der Waals surface area contributed by atoms with E-state index < -0.39 is 17.7 Å². The number of hydrogen-bond acceptors (Lipinski definition) is 3. The number of halogens is 2. The fourth-order valence-electron chi connectivity index (χ4n) is 2.90. The summed E-state index contributed by atoms with van der Waals surface area (Å²) >= 11 is 0. The van der Waals surface area contributed by atoms with Crippen LogP contribution in [0.1, 0.15) is 5.56 Å². The fraction of sp³-hybridized carbons (Fsp3) is 0.316. The summed E-state index contributed by atoms with van der Waals surface area (Å²) in [5, 5.41) is 5.09. The van der Waals surface area contributed by atoms with Crippen LogP contribution >= 0.6 is 0 Å². The monoisotopic (exact) mass is 361 g/mol. The number of nitrogens with one attached hydrogen (secondary N) is 2. The van der Waals surface area contributed by atoms with Gasteiger partial charge in [0.2, 0.25) is 0 Å². The molecule has 2 aromatic rings. The summed E-state index contributed by atoms with van der Waals surface area (Å²) in [6.45, 7) is 3.27. The topological polar surface area (TPSA) is 53.6 Å². The molecule has 2 aromatic carbocycles. The Morgan fingerprint density at radius 1 is 1.15 bits per heavy atom. The van der Waals surface area contributed by atoms with Gasteiger partial charge in [0.1, 0.15) is 11.6 Å². The summed E-state index contributed by atoms with van der Waals surface area (Å²) in [4.78, 5) is 14.2. The highest BCUT2D eigenvalue weighted by atomic mass is 19.1. The van der Waals surface area contributed by atoms with Crippen LogP contribution in [0.2, 0.25) is 0 Å². The SMILES string of the molecule is O=C(NCC1CN(Cc2ccccc2)CCO1)Nc1cc(F)cc(F)c1. The van der Waals surface area contributed by atoms with Crippen LogP contribution in [-0.2, 0) is 11.3 Å². The number of carbonyl (C=O) groups excluding carboxylic acids is 1. The summed E-state index contributed by atoms with van der Waals surface area (Å²) in [6.07, 6.45) is -0.137. The molecule has 138 valence electrons. The van der Waals surface area contributed by atoms with Gasteiger partial charge in [-0.1, -0.05) is 30.3 Å². The maximum atomic E-state index is 13.1. The molecule has 7 heteroatoms. The molecule has 1 fully saturated rings. The van der Waals surface area contributed by atoms with E-state index >= 15 is 0 Å². The summed E-state index contributed by atoms with van der Waals surface area (Å²) in [5.41, 5.74) is 1.29. The summed E-state index contributed by atoms with van der Waals surface area (Å²) < 4.78 is 32.0. The molecule has 0 aromatic heterocycles. The van der Waals surface area contributed by atoms with E-state index in [9.17, 15) is 13.6 Å². The third-order valence-corrected chi connectivity index (χ3v) is 4.08. The largest absolute Gasteiger partial charge is 0.374 e. The first-order valence-electron chi connectivity index (χ1n) is 8.47. The highest BCUT2D eigenvalue weighted by molar-refractivity contribution is 5.89. The first-order valence-corrected chi connectivity index (χ1v) is 8.47. The minimum atomic E-state index is -0.743. The van der Waals surface area contributed by atoms with Gasteiger partial charge < -0.3 is 15.4 Å². The molecule has 2 amide bonds. The van der Waals surface area contributed by atoms with Crippen LogP contribution in [-0.4, -0.2) is 43.3 Å². The maximum absolute atomic E-state index is 13.1. The van der Waals surface area contributed by atoms with Crippen molar-refractivity contribution in [3.05, 3.63) is 65.7 Å². The average Bonchev–Trinajstić information content (AvgIpc) is 2.60. The number of ether oxygens (including phenoxy) is 1. The number of carbonyl (C=O) groups is 1. The van der Waals surface area contributed by atoms with Crippen molar-refractivity contribution in [3.63, 3.8) is 0 Å². The van der Waals surface area contributed by atoms with E-state index in [0.717, 1.165) is 31.3 Å². The van der Waals surface area contributed by atoms with Gasteiger partial charge in [-0.2, -0.15) is 0 Å². The zero-order chi connectivity index (χ0) is 18.4. The lowest BCUT2D eigenvalue weighted by Crippen LogP contribution is -2.47. The highest BCUT2D eigenvalue weighted by Gasteiger charge is 2.21. The normalized spacial score (nSPS) is 17.7. The minimum Gasteiger partial charge on any atom is -0.374 e. The predicted molar refractivity (Wildman–Crippen MR) is 94.8 cm³/mol. The summed E-state index contributed by atoms with van der Waals surface area (Å²) in [5.74, 6) is -1.49. The zero-order valence-corrected chi connectivity index (χ0v) is 14.3.